The fourth-order valence-electron chi connectivity index (χ4n) is 4.35. The van der Waals surface area contributed by atoms with E-state index >= 15 is 0 Å². The van der Waals surface area contributed by atoms with Crippen molar-refractivity contribution in [1.82, 2.24) is 15.1 Å². The van der Waals surface area contributed by atoms with E-state index in [9.17, 15) is 0 Å². The van der Waals surface area contributed by atoms with E-state index in [4.69, 9.17) is 4.74 Å². The van der Waals surface area contributed by atoms with Gasteiger partial charge in [0.15, 0.2) is 5.96 Å². The summed E-state index contributed by atoms with van der Waals surface area (Å²) in [4.78, 5) is 9.59. The molecule has 1 N–H and O–H groups in total. The first-order valence-corrected chi connectivity index (χ1v) is 10.1. The van der Waals surface area contributed by atoms with Crippen LogP contribution in [0, 0.1) is 11.8 Å². The molecule has 2 aliphatic heterocycles. The Morgan fingerprint density at radius 3 is 2.70 bits per heavy atom. The van der Waals surface area contributed by atoms with Gasteiger partial charge in [0.05, 0.1) is 13.2 Å². The second-order valence-electron chi connectivity index (χ2n) is 8.00. The van der Waals surface area contributed by atoms with Gasteiger partial charge >= 0.3 is 0 Å². The molecule has 0 radical (unpaired) electrons. The molecule has 0 amide bonds. The van der Waals surface area contributed by atoms with Crippen LogP contribution in [0.25, 0.3) is 0 Å². The van der Waals surface area contributed by atoms with Crippen molar-refractivity contribution in [1.29, 1.82) is 0 Å². The first-order valence-electron chi connectivity index (χ1n) is 10.1. The quantitative estimate of drug-likeness (QED) is 0.396. The molecular formula is C21H33IN4O. The molecule has 3 fully saturated rings. The lowest BCUT2D eigenvalue weighted by atomic mass is 10.1. The number of hydrogen-bond acceptors (Lipinski definition) is 3. The summed E-state index contributed by atoms with van der Waals surface area (Å²) < 4.78 is 5.46. The molecule has 2 saturated heterocycles. The van der Waals surface area contributed by atoms with Gasteiger partial charge in [-0.05, 0) is 36.7 Å². The average molecular weight is 484 g/mol. The number of benzene rings is 1. The Morgan fingerprint density at radius 1 is 1.19 bits per heavy atom. The van der Waals surface area contributed by atoms with Gasteiger partial charge in [-0.1, -0.05) is 30.3 Å². The minimum absolute atomic E-state index is 0. The third-order valence-corrected chi connectivity index (χ3v) is 6.00. The Bertz CT molecular complexity index is 605. The Hall–Kier alpha value is -0.860. The minimum atomic E-state index is 0. The van der Waals surface area contributed by atoms with Gasteiger partial charge in [-0.3, -0.25) is 9.89 Å². The molecule has 27 heavy (non-hydrogen) atoms. The number of halogens is 1. The number of ether oxygens (including phenoxy) is 1. The summed E-state index contributed by atoms with van der Waals surface area (Å²) in [5, 5.41) is 3.72. The molecule has 5 nitrogen and oxygen atoms in total. The van der Waals surface area contributed by atoms with Gasteiger partial charge in [0.2, 0.25) is 0 Å². The molecule has 3 atom stereocenters. The number of morpholine rings is 1. The van der Waals surface area contributed by atoms with Crippen LogP contribution in [-0.2, 0) is 11.2 Å². The molecule has 2 heterocycles. The summed E-state index contributed by atoms with van der Waals surface area (Å²) >= 11 is 0. The predicted octanol–water partition coefficient (Wildman–Crippen LogP) is 2.47. The van der Waals surface area contributed by atoms with E-state index < -0.39 is 0 Å². The molecule has 3 aliphatic rings. The zero-order valence-electron chi connectivity index (χ0n) is 16.3. The summed E-state index contributed by atoms with van der Waals surface area (Å²) in [5.74, 6) is 2.61. The zero-order valence-corrected chi connectivity index (χ0v) is 18.7. The van der Waals surface area contributed by atoms with Gasteiger partial charge in [0, 0.05) is 45.8 Å². The maximum Gasteiger partial charge on any atom is 0.193 e. The summed E-state index contributed by atoms with van der Waals surface area (Å²) in [6.45, 7) is 7.43. The SMILES string of the molecule is CN=C(NC1CC1Cc1ccccc1)N1CCC(CN2CCOCC2)C1.I. The molecule has 1 aliphatic carbocycles. The van der Waals surface area contributed by atoms with Gasteiger partial charge in [0.25, 0.3) is 0 Å². The molecule has 3 unspecified atom stereocenters. The summed E-state index contributed by atoms with van der Waals surface area (Å²) in [6, 6.07) is 11.4. The van der Waals surface area contributed by atoms with Crippen molar-refractivity contribution < 1.29 is 4.74 Å². The van der Waals surface area contributed by atoms with E-state index in [0.29, 0.717) is 6.04 Å². The van der Waals surface area contributed by atoms with Crippen LogP contribution in [0.2, 0.25) is 0 Å². The van der Waals surface area contributed by atoms with Crippen LogP contribution in [-0.4, -0.2) is 74.8 Å². The predicted molar refractivity (Wildman–Crippen MR) is 121 cm³/mol. The van der Waals surface area contributed by atoms with Crippen LogP contribution in [0.1, 0.15) is 18.4 Å². The molecule has 1 aromatic carbocycles. The van der Waals surface area contributed by atoms with Gasteiger partial charge in [0.1, 0.15) is 0 Å². The number of likely N-dealkylation sites (tertiary alicyclic amines) is 1. The van der Waals surface area contributed by atoms with E-state index in [-0.39, 0.29) is 24.0 Å². The first kappa shape index (κ1) is 20.9. The minimum Gasteiger partial charge on any atom is -0.379 e. The largest absolute Gasteiger partial charge is 0.379 e. The monoisotopic (exact) mass is 484 g/mol. The van der Waals surface area contributed by atoms with Crippen molar-refractivity contribution >= 4 is 29.9 Å². The van der Waals surface area contributed by atoms with Crippen LogP contribution < -0.4 is 5.32 Å². The zero-order chi connectivity index (χ0) is 17.8. The lowest BCUT2D eigenvalue weighted by Gasteiger charge is -2.29. The lowest BCUT2D eigenvalue weighted by Crippen LogP contribution is -2.43. The maximum atomic E-state index is 5.46. The molecule has 0 bridgehead atoms. The number of rotatable bonds is 5. The van der Waals surface area contributed by atoms with E-state index in [2.05, 4.69) is 50.4 Å². The number of nitrogens with one attached hydrogen (secondary N) is 1. The standard InChI is InChI=1S/C21H32N4O.HI/c1-22-21(23-20-14-19(20)13-17-5-3-2-4-6-17)25-8-7-18(16-25)15-24-9-11-26-12-10-24;/h2-6,18-20H,7-16H2,1H3,(H,22,23);1H. The van der Waals surface area contributed by atoms with Crippen molar-refractivity contribution in [3.8, 4) is 0 Å². The van der Waals surface area contributed by atoms with Crippen molar-refractivity contribution in [2.45, 2.75) is 25.3 Å². The highest BCUT2D eigenvalue weighted by Gasteiger charge is 2.39. The molecule has 4 rings (SSSR count). The highest BCUT2D eigenvalue weighted by atomic mass is 127. The van der Waals surface area contributed by atoms with Crippen LogP contribution in [0.4, 0.5) is 0 Å². The summed E-state index contributed by atoms with van der Waals surface area (Å²) in [7, 11) is 1.92. The normalized spacial score (nSPS) is 28.7. The van der Waals surface area contributed by atoms with Gasteiger partial charge < -0.3 is 15.0 Å². The Balaban J connectivity index is 0.00000210. The third kappa shape index (κ3) is 5.81. The third-order valence-electron chi connectivity index (χ3n) is 6.00. The summed E-state index contributed by atoms with van der Waals surface area (Å²) in [5.41, 5.74) is 1.45. The van der Waals surface area contributed by atoms with Crippen molar-refractivity contribution in [3.05, 3.63) is 35.9 Å². The van der Waals surface area contributed by atoms with Crippen LogP contribution in [0.5, 0.6) is 0 Å². The molecule has 1 saturated carbocycles. The second-order valence-corrected chi connectivity index (χ2v) is 8.00. The smallest absolute Gasteiger partial charge is 0.193 e. The Labute approximate surface area is 180 Å². The molecule has 150 valence electrons. The summed E-state index contributed by atoms with van der Waals surface area (Å²) in [6.07, 6.45) is 3.71. The van der Waals surface area contributed by atoms with Crippen molar-refractivity contribution in [2.24, 2.45) is 16.8 Å². The van der Waals surface area contributed by atoms with E-state index in [1.165, 1.54) is 31.4 Å². The highest BCUT2D eigenvalue weighted by Crippen LogP contribution is 2.34. The Morgan fingerprint density at radius 2 is 1.96 bits per heavy atom. The van der Waals surface area contributed by atoms with Crippen molar-refractivity contribution in [3.63, 3.8) is 0 Å². The fraction of sp³-hybridized carbons (Fsp3) is 0.667. The number of hydrogen-bond donors (Lipinski definition) is 1. The molecule has 1 aromatic rings. The highest BCUT2D eigenvalue weighted by molar-refractivity contribution is 14.0. The Kier molecular flexibility index (Phi) is 7.78. The lowest BCUT2D eigenvalue weighted by molar-refractivity contribution is 0.0315. The van der Waals surface area contributed by atoms with Gasteiger partial charge in [-0.25, -0.2) is 0 Å². The van der Waals surface area contributed by atoms with E-state index in [1.54, 1.807) is 0 Å². The average Bonchev–Trinajstić information content (AvgIpc) is 3.24. The van der Waals surface area contributed by atoms with Crippen molar-refractivity contribution in [2.75, 3.05) is 53.0 Å². The molecule has 0 spiro atoms. The van der Waals surface area contributed by atoms with Gasteiger partial charge in [-0.2, -0.15) is 0 Å². The maximum absolute atomic E-state index is 5.46. The molecule has 6 heteroatoms. The van der Waals surface area contributed by atoms with Crippen LogP contribution >= 0.6 is 24.0 Å². The topological polar surface area (TPSA) is 40.1 Å². The van der Waals surface area contributed by atoms with E-state index in [0.717, 1.165) is 57.2 Å². The molecular weight excluding hydrogens is 451 g/mol. The number of nitrogens with zero attached hydrogens (tertiary/aromatic N) is 3. The number of aliphatic imine (C=N–C) groups is 1. The van der Waals surface area contributed by atoms with Crippen LogP contribution in [0.15, 0.2) is 35.3 Å². The first-order chi connectivity index (χ1) is 12.8. The van der Waals surface area contributed by atoms with E-state index in [1.807, 2.05) is 7.05 Å². The number of guanidine groups is 1. The fourth-order valence-corrected chi connectivity index (χ4v) is 4.35. The second kappa shape index (κ2) is 10.1. The van der Waals surface area contributed by atoms with Crippen LogP contribution in [0.3, 0.4) is 0 Å². The van der Waals surface area contributed by atoms with Gasteiger partial charge in [-0.15, -0.1) is 24.0 Å². The molecule has 0 aromatic heterocycles.